The lowest BCUT2D eigenvalue weighted by Gasteiger charge is -2.10. The normalized spacial score (nSPS) is 11.0. The van der Waals surface area contributed by atoms with Crippen molar-refractivity contribution in [3.63, 3.8) is 0 Å². The fourth-order valence-electron chi connectivity index (χ4n) is 1.97. The number of furan rings is 1. The van der Waals surface area contributed by atoms with E-state index in [1.165, 1.54) is 0 Å². The molecule has 0 unspecified atom stereocenters. The Kier molecular flexibility index (Phi) is 8.90. The maximum Gasteiger partial charge on any atom is 0.284 e. The van der Waals surface area contributed by atoms with Crippen LogP contribution in [0.3, 0.4) is 0 Å². The molecule has 2 aromatic rings. The van der Waals surface area contributed by atoms with Crippen LogP contribution >= 0.6 is 24.0 Å². The molecule has 1 amide bonds. The number of nitrogens with zero attached hydrogens (tertiary/aromatic N) is 3. The van der Waals surface area contributed by atoms with Gasteiger partial charge in [-0.05, 0) is 31.5 Å². The molecule has 0 spiro atoms. The second kappa shape index (κ2) is 10.7. The van der Waals surface area contributed by atoms with Gasteiger partial charge in [-0.2, -0.15) is 5.10 Å². The Hall–Kier alpha value is -2.04. The molecule has 0 saturated carbocycles. The first-order valence-electron chi connectivity index (χ1n) is 7.57. The Morgan fingerprint density at radius 2 is 2.25 bits per heavy atom. The zero-order valence-electron chi connectivity index (χ0n) is 13.6. The van der Waals surface area contributed by atoms with Gasteiger partial charge in [-0.15, -0.1) is 24.0 Å². The fraction of sp³-hybridized carbons (Fsp3) is 0.400. The molecule has 132 valence electrons. The number of aryl methyl sites for hydroxylation is 1. The van der Waals surface area contributed by atoms with E-state index in [2.05, 4.69) is 20.7 Å². The zero-order valence-corrected chi connectivity index (χ0v) is 15.9. The standard InChI is InChI=1S/C15H22N6O2.HI/c1-2-17-15(18-7-3-9-21-10-4-8-20-21)19-11-12-5-6-13(23-12)14(16)22;/h4-6,8,10H,2-3,7,9,11H2,1H3,(H2,16,22)(H2,17,18,19);1H. The van der Waals surface area contributed by atoms with E-state index in [1.807, 2.05) is 23.9 Å². The Labute approximate surface area is 157 Å². The Morgan fingerprint density at radius 3 is 2.88 bits per heavy atom. The zero-order chi connectivity index (χ0) is 16.5. The average Bonchev–Trinajstić information content (AvgIpc) is 3.20. The third kappa shape index (κ3) is 6.60. The van der Waals surface area contributed by atoms with Crippen LogP contribution in [0.4, 0.5) is 0 Å². The van der Waals surface area contributed by atoms with Crippen molar-refractivity contribution in [2.24, 2.45) is 10.7 Å². The van der Waals surface area contributed by atoms with Gasteiger partial charge < -0.3 is 20.8 Å². The number of carbonyl (C=O) groups is 1. The van der Waals surface area contributed by atoms with Gasteiger partial charge in [-0.3, -0.25) is 9.48 Å². The first-order valence-corrected chi connectivity index (χ1v) is 7.57. The summed E-state index contributed by atoms with van der Waals surface area (Å²) in [5, 5.41) is 10.6. The lowest BCUT2D eigenvalue weighted by molar-refractivity contribution is 0.0972. The lowest BCUT2D eigenvalue weighted by atomic mass is 10.4. The van der Waals surface area contributed by atoms with Gasteiger partial charge in [0.25, 0.3) is 5.91 Å². The highest BCUT2D eigenvalue weighted by Gasteiger charge is 2.06. The van der Waals surface area contributed by atoms with Crippen molar-refractivity contribution < 1.29 is 9.21 Å². The second-order valence-corrected chi connectivity index (χ2v) is 4.87. The highest BCUT2D eigenvalue weighted by molar-refractivity contribution is 14.0. The van der Waals surface area contributed by atoms with Crippen molar-refractivity contribution >= 4 is 35.8 Å². The van der Waals surface area contributed by atoms with Gasteiger partial charge in [0, 0.05) is 32.0 Å². The summed E-state index contributed by atoms with van der Waals surface area (Å²) < 4.78 is 7.19. The molecule has 24 heavy (non-hydrogen) atoms. The number of aliphatic imine (C=N–C) groups is 1. The molecule has 0 radical (unpaired) electrons. The molecule has 0 aliphatic carbocycles. The Bertz CT molecular complexity index is 638. The van der Waals surface area contributed by atoms with E-state index in [0.717, 1.165) is 26.1 Å². The first-order chi connectivity index (χ1) is 11.2. The molecule has 0 fully saturated rings. The maximum atomic E-state index is 11.0. The molecular weight excluding hydrogens is 423 g/mol. The number of primary amides is 1. The molecule has 0 atom stereocenters. The summed E-state index contributed by atoms with van der Waals surface area (Å²) in [5.74, 6) is 0.855. The van der Waals surface area contributed by atoms with Crippen LogP contribution < -0.4 is 16.4 Å². The van der Waals surface area contributed by atoms with E-state index in [0.29, 0.717) is 18.3 Å². The van der Waals surface area contributed by atoms with E-state index < -0.39 is 5.91 Å². The Morgan fingerprint density at radius 1 is 1.42 bits per heavy atom. The van der Waals surface area contributed by atoms with E-state index in [9.17, 15) is 4.79 Å². The van der Waals surface area contributed by atoms with Gasteiger partial charge in [0.1, 0.15) is 12.3 Å². The number of guanidine groups is 1. The van der Waals surface area contributed by atoms with Crippen LogP contribution in [-0.4, -0.2) is 34.7 Å². The number of rotatable bonds is 8. The number of hydrogen-bond acceptors (Lipinski definition) is 4. The van der Waals surface area contributed by atoms with Gasteiger partial charge in [0.2, 0.25) is 0 Å². The van der Waals surface area contributed by atoms with Crippen molar-refractivity contribution in [2.75, 3.05) is 13.1 Å². The van der Waals surface area contributed by atoms with Gasteiger partial charge in [0.05, 0.1) is 0 Å². The molecular formula is C15H23IN6O2. The van der Waals surface area contributed by atoms with Crippen LogP contribution in [0.2, 0.25) is 0 Å². The molecule has 0 aliphatic rings. The van der Waals surface area contributed by atoms with Gasteiger partial charge in [0.15, 0.2) is 11.7 Å². The number of nitrogens with two attached hydrogens (primary N) is 1. The van der Waals surface area contributed by atoms with Crippen LogP contribution in [0, 0.1) is 0 Å². The third-order valence-corrected chi connectivity index (χ3v) is 3.06. The number of nitrogens with one attached hydrogen (secondary N) is 2. The second-order valence-electron chi connectivity index (χ2n) is 4.87. The van der Waals surface area contributed by atoms with E-state index in [4.69, 9.17) is 10.2 Å². The highest BCUT2D eigenvalue weighted by atomic mass is 127. The van der Waals surface area contributed by atoms with Gasteiger partial charge >= 0.3 is 0 Å². The molecule has 2 rings (SSSR count). The predicted octanol–water partition coefficient (Wildman–Crippen LogP) is 1.34. The lowest BCUT2D eigenvalue weighted by Crippen LogP contribution is -2.38. The van der Waals surface area contributed by atoms with Gasteiger partial charge in [-0.1, -0.05) is 0 Å². The fourth-order valence-corrected chi connectivity index (χ4v) is 1.97. The number of carbonyl (C=O) groups excluding carboxylic acids is 1. The number of amides is 1. The van der Waals surface area contributed by atoms with E-state index >= 15 is 0 Å². The highest BCUT2D eigenvalue weighted by Crippen LogP contribution is 2.08. The molecule has 2 aromatic heterocycles. The minimum Gasteiger partial charge on any atom is -0.454 e. The van der Waals surface area contributed by atoms with Crippen LogP contribution in [0.5, 0.6) is 0 Å². The molecule has 0 aromatic carbocycles. The number of aromatic nitrogens is 2. The van der Waals surface area contributed by atoms with Crippen molar-refractivity contribution in [3.05, 3.63) is 42.1 Å². The van der Waals surface area contributed by atoms with Crippen LogP contribution in [-0.2, 0) is 13.1 Å². The average molecular weight is 446 g/mol. The van der Waals surface area contributed by atoms with E-state index in [-0.39, 0.29) is 29.7 Å². The summed E-state index contributed by atoms with van der Waals surface area (Å²) in [4.78, 5) is 15.4. The van der Waals surface area contributed by atoms with Crippen LogP contribution in [0.15, 0.2) is 40.0 Å². The summed E-state index contributed by atoms with van der Waals surface area (Å²) >= 11 is 0. The largest absolute Gasteiger partial charge is 0.454 e. The summed E-state index contributed by atoms with van der Waals surface area (Å²) in [6, 6.07) is 5.16. The van der Waals surface area contributed by atoms with Crippen molar-refractivity contribution in [3.8, 4) is 0 Å². The van der Waals surface area contributed by atoms with Crippen LogP contribution in [0.25, 0.3) is 0 Å². The summed E-state index contributed by atoms with van der Waals surface area (Å²) in [5.41, 5.74) is 5.15. The van der Waals surface area contributed by atoms with Gasteiger partial charge in [-0.25, -0.2) is 4.99 Å². The smallest absolute Gasteiger partial charge is 0.284 e. The van der Waals surface area contributed by atoms with E-state index in [1.54, 1.807) is 18.3 Å². The molecule has 2 heterocycles. The molecule has 0 saturated heterocycles. The van der Waals surface area contributed by atoms with Crippen molar-refractivity contribution in [1.29, 1.82) is 0 Å². The minimum absolute atomic E-state index is 0. The number of hydrogen-bond donors (Lipinski definition) is 3. The monoisotopic (exact) mass is 446 g/mol. The molecule has 0 bridgehead atoms. The SMILES string of the molecule is CCNC(=NCc1ccc(C(N)=O)o1)NCCCn1cccn1.I. The third-order valence-electron chi connectivity index (χ3n) is 3.06. The van der Waals surface area contributed by atoms with Crippen molar-refractivity contribution in [1.82, 2.24) is 20.4 Å². The summed E-state index contributed by atoms with van der Waals surface area (Å²) in [6.45, 7) is 4.71. The Balaban J connectivity index is 0.00000288. The summed E-state index contributed by atoms with van der Waals surface area (Å²) in [6.07, 6.45) is 4.63. The maximum absolute atomic E-state index is 11.0. The molecule has 4 N–H and O–H groups in total. The first kappa shape index (κ1) is 20.0. The minimum atomic E-state index is -0.580. The molecule has 0 aliphatic heterocycles. The van der Waals surface area contributed by atoms with Crippen LogP contribution in [0.1, 0.15) is 29.7 Å². The summed E-state index contributed by atoms with van der Waals surface area (Å²) in [7, 11) is 0. The molecule has 8 nitrogen and oxygen atoms in total. The quantitative estimate of drug-likeness (QED) is 0.245. The number of halogens is 1. The topological polar surface area (TPSA) is 110 Å². The predicted molar refractivity (Wildman–Crippen MR) is 102 cm³/mol. The van der Waals surface area contributed by atoms with Crippen molar-refractivity contribution in [2.45, 2.75) is 26.4 Å². The molecule has 9 heteroatoms.